The number of halogens is 3. The minimum atomic E-state index is -0.833. The average Bonchev–Trinajstić information content (AvgIpc) is 0.811. The number of carbonyl (C=O) groups is 1. The van der Waals surface area contributed by atoms with Gasteiger partial charge in [0.2, 0.25) is 0 Å². The van der Waals surface area contributed by atoms with E-state index in [-0.39, 0.29) is 50.9 Å². The van der Waals surface area contributed by atoms with Crippen LogP contribution in [0, 0.1) is 0 Å². The Kier molecular flexibility index (Phi) is 55.7. The van der Waals surface area contributed by atoms with Crippen LogP contribution < -0.4 is 0 Å². The van der Waals surface area contributed by atoms with Gasteiger partial charge >= 0.3 is 0 Å². The van der Waals surface area contributed by atoms with E-state index >= 15 is 0 Å². The molecule has 0 aliphatic heterocycles. The van der Waals surface area contributed by atoms with Crippen molar-refractivity contribution in [1.82, 2.24) is 0 Å². The molecule has 0 aromatic heterocycles. The van der Waals surface area contributed by atoms with Crippen LogP contribution in [0.2, 0.25) is 0 Å². The highest BCUT2D eigenvalue weighted by Gasteiger charge is 1.65. The van der Waals surface area contributed by atoms with E-state index in [1.165, 1.54) is 0 Å². The van der Waals surface area contributed by atoms with E-state index in [0.717, 1.165) is 6.92 Å². The van der Waals surface area contributed by atoms with E-state index < -0.39 is 5.97 Å². The molecule has 0 fully saturated rings. The maximum atomic E-state index is 9.00. The molecule has 0 atom stereocenters. The van der Waals surface area contributed by atoms with Crippen LogP contribution in [0.15, 0.2) is 0 Å². The van der Waals surface area contributed by atoms with Crippen molar-refractivity contribution in [2.45, 2.75) is 6.92 Å². The van der Waals surface area contributed by atoms with Crippen molar-refractivity contribution in [2.75, 3.05) is 0 Å². The highest BCUT2D eigenvalue weighted by molar-refractivity contribution is 8.93. The summed E-state index contributed by atoms with van der Waals surface area (Å²) < 4.78 is 0. The van der Waals surface area contributed by atoms with Crippen molar-refractivity contribution in [3.05, 3.63) is 0 Å². The molecule has 0 heterocycles. The van der Waals surface area contributed by atoms with Crippen LogP contribution in [-0.4, -0.2) is 11.1 Å². The minimum absolute atomic E-state index is 0. The molecule has 0 saturated heterocycles. The Balaban J connectivity index is -0.0000000150. The molecule has 0 aliphatic rings. The van der Waals surface area contributed by atoms with Crippen molar-refractivity contribution in [1.29, 1.82) is 0 Å². The molecule has 1 N–H and O–H groups in total. The molecule has 5 heteroatoms. The van der Waals surface area contributed by atoms with E-state index in [0.29, 0.717) is 0 Å². The molecule has 0 unspecified atom stereocenters. The van der Waals surface area contributed by atoms with Crippen LogP contribution in [0.25, 0.3) is 0 Å². The minimum Gasteiger partial charge on any atom is -0.481 e. The third-order valence-electron chi connectivity index (χ3n) is 0. The highest BCUT2D eigenvalue weighted by atomic mass is 79.9. The molecule has 0 aromatic rings. The maximum Gasteiger partial charge on any atom is 0.300 e. The SMILES string of the molecule is Br.Br.Br.CC(=O)O. The molecule has 0 radical (unpaired) electrons. The second-order valence-electron chi connectivity index (χ2n) is 0.519. The normalized spacial score (nSPS) is 3.57. The van der Waals surface area contributed by atoms with Crippen molar-refractivity contribution in [2.24, 2.45) is 0 Å². The third-order valence-corrected chi connectivity index (χ3v) is 0. The Hall–Kier alpha value is 0.910. The monoisotopic (exact) mass is 300 g/mol. The molecule has 7 heavy (non-hydrogen) atoms. The average molecular weight is 303 g/mol. The van der Waals surface area contributed by atoms with Gasteiger partial charge in [0.25, 0.3) is 5.97 Å². The molecular formula is C2H7Br3O2. The fraction of sp³-hybridized carbons (Fsp3) is 0.500. The lowest BCUT2D eigenvalue weighted by molar-refractivity contribution is -0.134. The van der Waals surface area contributed by atoms with Crippen LogP contribution in [0.1, 0.15) is 6.92 Å². The molecule has 0 spiro atoms. The van der Waals surface area contributed by atoms with Crippen molar-refractivity contribution < 1.29 is 9.90 Å². The molecule has 48 valence electrons. The van der Waals surface area contributed by atoms with E-state index in [1.54, 1.807) is 0 Å². The molecule has 0 rings (SSSR count). The quantitative estimate of drug-likeness (QED) is 0.741. The van der Waals surface area contributed by atoms with Crippen LogP contribution >= 0.6 is 50.9 Å². The van der Waals surface area contributed by atoms with Gasteiger partial charge in [-0.05, 0) is 0 Å². The Morgan fingerprint density at radius 3 is 1.29 bits per heavy atom. The number of carboxylic acids is 1. The molecular weight excluding hydrogens is 296 g/mol. The summed E-state index contributed by atoms with van der Waals surface area (Å²) in [5, 5.41) is 7.42. The number of carboxylic acid groups (broad SMARTS) is 1. The summed E-state index contributed by atoms with van der Waals surface area (Å²) in [5.74, 6) is -0.833. The number of rotatable bonds is 0. The van der Waals surface area contributed by atoms with E-state index in [4.69, 9.17) is 9.90 Å². The van der Waals surface area contributed by atoms with Gasteiger partial charge in [-0.2, -0.15) is 0 Å². The first kappa shape index (κ1) is 24.7. The molecule has 2 nitrogen and oxygen atoms in total. The second-order valence-corrected chi connectivity index (χ2v) is 0.519. The van der Waals surface area contributed by atoms with Crippen molar-refractivity contribution >= 4 is 56.9 Å². The summed E-state index contributed by atoms with van der Waals surface area (Å²) in [6.07, 6.45) is 0. The van der Waals surface area contributed by atoms with Crippen LogP contribution in [0.3, 0.4) is 0 Å². The lowest BCUT2D eigenvalue weighted by atomic mass is 10.9. The lowest BCUT2D eigenvalue weighted by Gasteiger charge is -1.59. The standard InChI is InChI=1S/C2H4O2.3BrH/c1-2(3)4;;;/h1H3,(H,3,4);3*1H. The fourth-order valence-corrected chi connectivity index (χ4v) is 0. The molecule has 0 aromatic carbocycles. The smallest absolute Gasteiger partial charge is 0.300 e. The van der Waals surface area contributed by atoms with Gasteiger partial charge in [-0.1, -0.05) is 0 Å². The van der Waals surface area contributed by atoms with Crippen molar-refractivity contribution in [3.8, 4) is 0 Å². The number of hydrogen-bond donors (Lipinski definition) is 1. The summed E-state index contributed by atoms with van der Waals surface area (Å²) in [5.41, 5.74) is 0. The summed E-state index contributed by atoms with van der Waals surface area (Å²) in [6.45, 7) is 1.08. The van der Waals surface area contributed by atoms with Gasteiger partial charge < -0.3 is 5.11 Å². The summed E-state index contributed by atoms with van der Waals surface area (Å²) in [6, 6.07) is 0. The topological polar surface area (TPSA) is 37.3 Å². The van der Waals surface area contributed by atoms with Gasteiger partial charge in [0.1, 0.15) is 0 Å². The zero-order chi connectivity index (χ0) is 3.58. The van der Waals surface area contributed by atoms with Crippen LogP contribution in [-0.2, 0) is 4.79 Å². The zero-order valence-corrected chi connectivity index (χ0v) is 8.72. The van der Waals surface area contributed by atoms with Crippen molar-refractivity contribution in [3.63, 3.8) is 0 Å². The highest BCUT2D eigenvalue weighted by Crippen LogP contribution is 1.42. The number of hydrogen-bond acceptors (Lipinski definition) is 1. The summed E-state index contributed by atoms with van der Waals surface area (Å²) >= 11 is 0. The van der Waals surface area contributed by atoms with Crippen LogP contribution in [0.5, 0.6) is 0 Å². The summed E-state index contributed by atoms with van der Waals surface area (Å²) in [7, 11) is 0. The van der Waals surface area contributed by atoms with Gasteiger partial charge in [-0.15, -0.1) is 50.9 Å². The van der Waals surface area contributed by atoms with E-state index in [2.05, 4.69) is 0 Å². The first-order valence-electron chi connectivity index (χ1n) is 0.928. The van der Waals surface area contributed by atoms with Crippen LogP contribution in [0.4, 0.5) is 0 Å². The van der Waals surface area contributed by atoms with Gasteiger partial charge in [-0.3, -0.25) is 4.79 Å². The predicted molar refractivity (Wildman–Crippen MR) is 44.3 cm³/mol. The Morgan fingerprint density at radius 1 is 1.29 bits per heavy atom. The molecule has 0 amide bonds. The molecule has 0 aliphatic carbocycles. The molecule has 0 bridgehead atoms. The maximum absolute atomic E-state index is 9.00. The molecule has 0 saturated carbocycles. The Morgan fingerprint density at radius 2 is 1.29 bits per heavy atom. The number of aliphatic carboxylic acids is 1. The first-order valence-corrected chi connectivity index (χ1v) is 0.928. The van der Waals surface area contributed by atoms with Gasteiger partial charge in [-0.25, -0.2) is 0 Å². The van der Waals surface area contributed by atoms with Gasteiger partial charge in [0.15, 0.2) is 0 Å². The fourth-order valence-electron chi connectivity index (χ4n) is 0. The predicted octanol–water partition coefficient (Wildman–Crippen LogP) is 1.82. The van der Waals surface area contributed by atoms with Gasteiger partial charge in [0.05, 0.1) is 0 Å². The van der Waals surface area contributed by atoms with E-state index in [9.17, 15) is 0 Å². The Labute approximate surface area is 73.6 Å². The van der Waals surface area contributed by atoms with E-state index in [1.807, 2.05) is 0 Å². The Bertz CT molecular complexity index is 33.9. The largest absolute Gasteiger partial charge is 0.481 e. The zero-order valence-electron chi connectivity index (χ0n) is 3.58. The third kappa shape index (κ3) is 201. The van der Waals surface area contributed by atoms with Gasteiger partial charge in [0, 0.05) is 6.92 Å². The lowest BCUT2D eigenvalue weighted by Crippen LogP contribution is -1.78. The second kappa shape index (κ2) is 15.8. The first-order chi connectivity index (χ1) is 1.73. The summed E-state index contributed by atoms with van der Waals surface area (Å²) in [4.78, 5) is 9.00.